The summed E-state index contributed by atoms with van der Waals surface area (Å²) in [6, 6.07) is 8.78. The second-order valence-electron chi connectivity index (χ2n) is 7.28. The molecule has 1 N–H and O–H groups in total. The van der Waals surface area contributed by atoms with Gasteiger partial charge in [0.2, 0.25) is 15.9 Å². The SMILES string of the molecule is COc1ccc(F)cc1S(=O)(=O)N1CCC[C@@H](C(=O)N[C@H](C)c2ccc(F)cc2)C1. The van der Waals surface area contributed by atoms with E-state index in [0.29, 0.717) is 12.8 Å². The quantitative estimate of drug-likeness (QED) is 0.751. The summed E-state index contributed by atoms with van der Waals surface area (Å²) in [4.78, 5) is 12.5. The molecule has 0 bridgehead atoms. The fraction of sp³-hybridized carbons (Fsp3) is 0.381. The van der Waals surface area contributed by atoms with Gasteiger partial charge in [-0.1, -0.05) is 12.1 Å². The number of carbonyl (C=O) groups is 1. The molecule has 6 nitrogen and oxygen atoms in total. The first-order valence-electron chi connectivity index (χ1n) is 9.62. The Kier molecular flexibility index (Phi) is 6.72. The molecule has 1 saturated heterocycles. The lowest BCUT2D eigenvalue weighted by Crippen LogP contribution is -2.45. The number of amides is 1. The van der Waals surface area contributed by atoms with Crippen LogP contribution in [0, 0.1) is 17.6 Å². The van der Waals surface area contributed by atoms with E-state index < -0.39 is 21.8 Å². The molecule has 0 spiro atoms. The van der Waals surface area contributed by atoms with Crippen LogP contribution in [0.1, 0.15) is 31.4 Å². The van der Waals surface area contributed by atoms with Crippen molar-refractivity contribution >= 4 is 15.9 Å². The molecule has 30 heavy (non-hydrogen) atoms. The molecule has 0 aliphatic carbocycles. The van der Waals surface area contributed by atoms with Crippen molar-refractivity contribution in [2.75, 3.05) is 20.2 Å². The molecule has 0 radical (unpaired) electrons. The van der Waals surface area contributed by atoms with Gasteiger partial charge in [0.15, 0.2) is 0 Å². The highest BCUT2D eigenvalue weighted by Crippen LogP contribution is 2.30. The summed E-state index contributed by atoms with van der Waals surface area (Å²) in [5, 5.41) is 2.86. The van der Waals surface area contributed by atoms with Crippen molar-refractivity contribution in [1.82, 2.24) is 9.62 Å². The minimum absolute atomic E-state index is 0.00995. The molecule has 1 amide bonds. The maximum absolute atomic E-state index is 13.7. The summed E-state index contributed by atoms with van der Waals surface area (Å²) in [6.07, 6.45) is 1.04. The minimum atomic E-state index is -4.03. The van der Waals surface area contributed by atoms with Crippen molar-refractivity contribution in [3.05, 3.63) is 59.7 Å². The van der Waals surface area contributed by atoms with Gasteiger partial charge in [-0.3, -0.25) is 4.79 Å². The highest BCUT2D eigenvalue weighted by atomic mass is 32.2. The largest absolute Gasteiger partial charge is 0.495 e. The first kappa shape index (κ1) is 22.2. The molecule has 0 unspecified atom stereocenters. The van der Waals surface area contributed by atoms with E-state index in [1.807, 2.05) is 0 Å². The Morgan fingerprint density at radius 1 is 1.17 bits per heavy atom. The Hall–Kier alpha value is -2.52. The topological polar surface area (TPSA) is 75.7 Å². The lowest BCUT2D eigenvalue weighted by atomic mass is 9.98. The zero-order valence-electron chi connectivity index (χ0n) is 16.8. The van der Waals surface area contributed by atoms with Crippen LogP contribution in [0.5, 0.6) is 5.75 Å². The molecule has 1 fully saturated rings. The van der Waals surface area contributed by atoms with Gasteiger partial charge in [-0.05, 0) is 55.7 Å². The first-order valence-corrected chi connectivity index (χ1v) is 11.1. The van der Waals surface area contributed by atoms with Gasteiger partial charge in [0.25, 0.3) is 0 Å². The molecular weight excluding hydrogens is 414 g/mol. The second kappa shape index (κ2) is 9.09. The lowest BCUT2D eigenvalue weighted by Gasteiger charge is -2.32. The summed E-state index contributed by atoms with van der Waals surface area (Å²) in [7, 11) is -2.72. The number of benzene rings is 2. The number of methoxy groups -OCH3 is 1. The van der Waals surface area contributed by atoms with Gasteiger partial charge in [-0.2, -0.15) is 4.31 Å². The fourth-order valence-corrected chi connectivity index (χ4v) is 5.22. The number of hydrogen-bond acceptors (Lipinski definition) is 4. The number of sulfonamides is 1. The molecule has 2 aromatic carbocycles. The van der Waals surface area contributed by atoms with Gasteiger partial charge in [0, 0.05) is 13.1 Å². The van der Waals surface area contributed by atoms with Gasteiger partial charge in [0.1, 0.15) is 22.3 Å². The number of hydrogen-bond donors (Lipinski definition) is 1. The van der Waals surface area contributed by atoms with Crippen LogP contribution < -0.4 is 10.1 Å². The Balaban J connectivity index is 1.73. The molecule has 1 heterocycles. The number of nitrogens with zero attached hydrogens (tertiary/aromatic N) is 1. The molecule has 3 rings (SSSR count). The van der Waals surface area contributed by atoms with Crippen LogP contribution in [0.15, 0.2) is 47.4 Å². The van der Waals surface area contributed by atoms with Gasteiger partial charge >= 0.3 is 0 Å². The maximum Gasteiger partial charge on any atom is 0.246 e. The van der Waals surface area contributed by atoms with Crippen LogP contribution in [0.25, 0.3) is 0 Å². The Morgan fingerprint density at radius 3 is 2.50 bits per heavy atom. The van der Waals surface area contributed by atoms with Crippen LogP contribution in [-0.2, 0) is 14.8 Å². The van der Waals surface area contributed by atoms with Crippen molar-refractivity contribution in [2.45, 2.75) is 30.7 Å². The molecule has 1 aliphatic heterocycles. The Labute approximate surface area is 174 Å². The molecular formula is C21H24F2N2O4S. The van der Waals surface area contributed by atoms with Gasteiger partial charge in [0.05, 0.1) is 19.1 Å². The van der Waals surface area contributed by atoms with Crippen LogP contribution in [-0.4, -0.2) is 38.8 Å². The number of carbonyl (C=O) groups excluding carboxylic acids is 1. The highest BCUT2D eigenvalue weighted by Gasteiger charge is 2.35. The number of halogens is 2. The summed E-state index contributed by atoms with van der Waals surface area (Å²) in [5.41, 5.74) is 0.745. The average molecular weight is 438 g/mol. The van der Waals surface area contributed by atoms with E-state index in [1.165, 1.54) is 29.6 Å². The Bertz CT molecular complexity index is 1010. The minimum Gasteiger partial charge on any atom is -0.495 e. The number of piperidine rings is 1. The molecule has 2 aromatic rings. The summed E-state index contributed by atoms with van der Waals surface area (Å²) >= 11 is 0. The van der Waals surface area contributed by atoms with Crippen LogP contribution in [0.3, 0.4) is 0 Å². The van der Waals surface area contributed by atoms with Crippen molar-refractivity contribution in [2.24, 2.45) is 5.92 Å². The van der Waals surface area contributed by atoms with Gasteiger partial charge in [-0.15, -0.1) is 0 Å². The van der Waals surface area contributed by atoms with E-state index in [4.69, 9.17) is 4.74 Å². The van der Waals surface area contributed by atoms with Crippen LogP contribution >= 0.6 is 0 Å². The summed E-state index contributed by atoms with van der Waals surface area (Å²) < 4.78 is 59.2. The normalized spacial score (nSPS) is 18.6. The fourth-order valence-electron chi connectivity index (χ4n) is 3.53. The van der Waals surface area contributed by atoms with E-state index in [1.54, 1.807) is 19.1 Å². The van der Waals surface area contributed by atoms with E-state index in [2.05, 4.69) is 5.32 Å². The van der Waals surface area contributed by atoms with Crippen molar-refractivity contribution in [1.29, 1.82) is 0 Å². The number of rotatable bonds is 6. The smallest absolute Gasteiger partial charge is 0.246 e. The highest BCUT2D eigenvalue weighted by molar-refractivity contribution is 7.89. The molecule has 0 aromatic heterocycles. The van der Waals surface area contributed by atoms with Crippen molar-refractivity contribution in [3.63, 3.8) is 0 Å². The Morgan fingerprint density at radius 2 is 1.83 bits per heavy atom. The average Bonchev–Trinajstić information content (AvgIpc) is 2.74. The van der Waals surface area contributed by atoms with Crippen molar-refractivity contribution in [3.8, 4) is 5.75 Å². The van der Waals surface area contributed by atoms with Crippen LogP contribution in [0.4, 0.5) is 8.78 Å². The first-order chi connectivity index (χ1) is 14.2. The second-order valence-corrected chi connectivity index (χ2v) is 9.19. The standard InChI is InChI=1S/C21H24F2N2O4S/c1-14(15-5-7-17(22)8-6-15)24-21(26)16-4-3-11-25(13-16)30(27,28)20-12-18(23)9-10-19(20)29-2/h5-10,12,14,16H,3-4,11,13H2,1-2H3,(H,24,26)/t14-,16-/m1/s1. The monoisotopic (exact) mass is 438 g/mol. The third-order valence-electron chi connectivity index (χ3n) is 5.23. The van der Waals surface area contributed by atoms with Crippen LogP contribution in [0.2, 0.25) is 0 Å². The molecule has 2 atom stereocenters. The predicted molar refractivity (Wildman–Crippen MR) is 107 cm³/mol. The zero-order chi connectivity index (χ0) is 21.9. The third-order valence-corrected chi connectivity index (χ3v) is 7.11. The summed E-state index contributed by atoms with van der Waals surface area (Å²) in [6.45, 7) is 2.00. The molecule has 9 heteroatoms. The third kappa shape index (κ3) is 4.79. The summed E-state index contributed by atoms with van der Waals surface area (Å²) in [5.74, 6) is -1.83. The number of nitrogens with one attached hydrogen (secondary N) is 1. The number of ether oxygens (including phenoxy) is 1. The van der Waals surface area contributed by atoms with Gasteiger partial charge in [-0.25, -0.2) is 17.2 Å². The van der Waals surface area contributed by atoms with E-state index in [-0.39, 0.29) is 41.5 Å². The van der Waals surface area contributed by atoms with E-state index in [9.17, 15) is 22.0 Å². The van der Waals surface area contributed by atoms with E-state index in [0.717, 1.165) is 17.7 Å². The molecule has 0 saturated carbocycles. The van der Waals surface area contributed by atoms with Crippen molar-refractivity contribution < 1.29 is 26.7 Å². The molecule has 1 aliphatic rings. The zero-order valence-corrected chi connectivity index (χ0v) is 17.6. The maximum atomic E-state index is 13.7. The molecule has 162 valence electrons. The predicted octanol–water partition coefficient (Wildman–Crippen LogP) is 3.25. The van der Waals surface area contributed by atoms with Gasteiger partial charge < -0.3 is 10.1 Å². The lowest BCUT2D eigenvalue weighted by molar-refractivity contribution is -0.126. The van der Waals surface area contributed by atoms with E-state index >= 15 is 0 Å².